The summed E-state index contributed by atoms with van der Waals surface area (Å²) in [6.45, 7) is 1.59. The van der Waals surface area contributed by atoms with Crippen molar-refractivity contribution in [3.8, 4) is 11.5 Å². The molecule has 19 heavy (non-hydrogen) atoms. The standard InChI is InChI=1S/C14H24N2O2S/c1-16(7-8-19-4)12(10-15)11-5-6-13(17-2)14(9-11)18-3/h5-6,9,12H,7-8,10,15H2,1-4H3. The molecule has 1 aromatic rings. The highest BCUT2D eigenvalue weighted by atomic mass is 32.2. The van der Waals surface area contributed by atoms with Gasteiger partial charge in [0.15, 0.2) is 11.5 Å². The van der Waals surface area contributed by atoms with Crippen molar-refractivity contribution in [1.29, 1.82) is 0 Å². The van der Waals surface area contributed by atoms with Crippen LogP contribution in [0.2, 0.25) is 0 Å². The van der Waals surface area contributed by atoms with Crippen LogP contribution in [0.1, 0.15) is 11.6 Å². The maximum Gasteiger partial charge on any atom is 0.161 e. The smallest absolute Gasteiger partial charge is 0.161 e. The Kier molecular flexibility index (Phi) is 7.05. The molecular formula is C14H24N2O2S. The average molecular weight is 284 g/mol. The predicted molar refractivity (Wildman–Crippen MR) is 82.4 cm³/mol. The van der Waals surface area contributed by atoms with Crippen molar-refractivity contribution in [2.75, 3.05) is 46.4 Å². The van der Waals surface area contributed by atoms with E-state index in [-0.39, 0.29) is 6.04 Å². The number of hydrogen-bond donors (Lipinski definition) is 1. The van der Waals surface area contributed by atoms with Gasteiger partial charge in [-0.15, -0.1) is 0 Å². The fourth-order valence-corrected chi connectivity index (χ4v) is 2.49. The van der Waals surface area contributed by atoms with Crippen LogP contribution < -0.4 is 15.2 Å². The molecule has 1 atom stereocenters. The fraction of sp³-hybridized carbons (Fsp3) is 0.571. The Morgan fingerprint density at radius 1 is 1.26 bits per heavy atom. The molecule has 0 radical (unpaired) electrons. The number of hydrogen-bond acceptors (Lipinski definition) is 5. The highest BCUT2D eigenvalue weighted by Gasteiger charge is 2.17. The summed E-state index contributed by atoms with van der Waals surface area (Å²) >= 11 is 1.84. The summed E-state index contributed by atoms with van der Waals surface area (Å²) in [5.74, 6) is 2.59. The van der Waals surface area contributed by atoms with Crippen LogP contribution in [0.5, 0.6) is 11.5 Å². The third-order valence-electron chi connectivity index (χ3n) is 3.20. The molecule has 0 aliphatic rings. The molecule has 1 unspecified atom stereocenters. The van der Waals surface area contributed by atoms with Crippen LogP contribution in [-0.4, -0.2) is 51.3 Å². The van der Waals surface area contributed by atoms with E-state index in [1.807, 2.05) is 23.9 Å². The van der Waals surface area contributed by atoms with Crippen molar-refractivity contribution in [3.05, 3.63) is 23.8 Å². The highest BCUT2D eigenvalue weighted by Crippen LogP contribution is 2.31. The zero-order valence-electron chi connectivity index (χ0n) is 12.2. The molecule has 5 heteroatoms. The van der Waals surface area contributed by atoms with E-state index in [0.717, 1.165) is 29.4 Å². The summed E-state index contributed by atoms with van der Waals surface area (Å²) in [6, 6.07) is 6.19. The quantitative estimate of drug-likeness (QED) is 0.791. The number of likely N-dealkylation sites (N-methyl/N-ethyl adjacent to an activating group) is 1. The van der Waals surface area contributed by atoms with Crippen molar-refractivity contribution in [1.82, 2.24) is 4.90 Å². The van der Waals surface area contributed by atoms with Crippen LogP contribution in [0.25, 0.3) is 0 Å². The first-order valence-corrected chi connectivity index (χ1v) is 7.68. The van der Waals surface area contributed by atoms with Gasteiger partial charge < -0.3 is 15.2 Å². The number of rotatable bonds is 8. The van der Waals surface area contributed by atoms with Gasteiger partial charge in [0, 0.05) is 24.9 Å². The van der Waals surface area contributed by atoms with Crippen LogP contribution in [0.4, 0.5) is 0 Å². The maximum absolute atomic E-state index is 5.92. The van der Waals surface area contributed by atoms with E-state index >= 15 is 0 Å². The second-order valence-corrected chi connectivity index (χ2v) is 5.32. The van der Waals surface area contributed by atoms with Crippen LogP contribution >= 0.6 is 11.8 Å². The molecule has 1 aromatic carbocycles. The largest absolute Gasteiger partial charge is 0.493 e. The second kappa shape index (κ2) is 8.30. The molecule has 1 rings (SSSR count). The molecule has 0 saturated heterocycles. The van der Waals surface area contributed by atoms with Gasteiger partial charge in [-0.05, 0) is 31.0 Å². The highest BCUT2D eigenvalue weighted by molar-refractivity contribution is 7.98. The first-order chi connectivity index (χ1) is 9.17. The molecule has 0 aliphatic carbocycles. The van der Waals surface area contributed by atoms with Crippen LogP contribution in [0.15, 0.2) is 18.2 Å². The normalized spacial score (nSPS) is 12.5. The van der Waals surface area contributed by atoms with E-state index in [1.165, 1.54) is 0 Å². The van der Waals surface area contributed by atoms with Crippen molar-refractivity contribution < 1.29 is 9.47 Å². The minimum absolute atomic E-state index is 0.201. The van der Waals surface area contributed by atoms with E-state index in [1.54, 1.807) is 14.2 Å². The van der Waals surface area contributed by atoms with Gasteiger partial charge in [0.05, 0.1) is 14.2 Å². The Bertz CT molecular complexity index is 388. The number of benzene rings is 1. The van der Waals surface area contributed by atoms with Crippen molar-refractivity contribution in [2.45, 2.75) is 6.04 Å². The lowest BCUT2D eigenvalue weighted by atomic mass is 10.0. The summed E-state index contributed by atoms with van der Waals surface area (Å²) < 4.78 is 10.6. The Balaban J connectivity index is 2.91. The van der Waals surface area contributed by atoms with Crippen LogP contribution in [0.3, 0.4) is 0 Å². The number of thioether (sulfide) groups is 1. The summed E-state index contributed by atoms with van der Waals surface area (Å²) in [5, 5.41) is 0. The zero-order valence-corrected chi connectivity index (χ0v) is 13.0. The number of methoxy groups -OCH3 is 2. The average Bonchev–Trinajstić information content (AvgIpc) is 2.45. The van der Waals surface area contributed by atoms with Gasteiger partial charge in [-0.3, -0.25) is 4.90 Å². The third-order valence-corrected chi connectivity index (χ3v) is 3.79. The van der Waals surface area contributed by atoms with Crippen molar-refractivity contribution in [2.24, 2.45) is 5.73 Å². The number of nitrogens with zero attached hydrogens (tertiary/aromatic N) is 1. The van der Waals surface area contributed by atoms with Crippen LogP contribution in [-0.2, 0) is 0 Å². The lowest BCUT2D eigenvalue weighted by Gasteiger charge is -2.27. The fourth-order valence-electron chi connectivity index (χ4n) is 2.02. The minimum Gasteiger partial charge on any atom is -0.493 e. The molecule has 2 N–H and O–H groups in total. The van der Waals surface area contributed by atoms with Crippen LogP contribution in [0, 0.1) is 0 Å². The first kappa shape index (κ1) is 16.1. The van der Waals surface area contributed by atoms with E-state index in [2.05, 4.69) is 24.3 Å². The van der Waals surface area contributed by atoms with Gasteiger partial charge >= 0.3 is 0 Å². The van der Waals surface area contributed by atoms with Crippen molar-refractivity contribution >= 4 is 11.8 Å². The van der Waals surface area contributed by atoms with Crippen molar-refractivity contribution in [3.63, 3.8) is 0 Å². The number of ether oxygens (including phenoxy) is 2. The predicted octanol–water partition coefficient (Wildman–Crippen LogP) is 2.00. The summed E-state index contributed by atoms with van der Waals surface area (Å²) in [5.41, 5.74) is 7.08. The van der Waals surface area contributed by atoms with E-state index in [0.29, 0.717) is 6.54 Å². The zero-order chi connectivity index (χ0) is 14.3. The molecular weight excluding hydrogens is 260 g/mol. The second-order valence-electron chi connectivity index (χ2n) is 4.34. The SMILES string of the molecule is COc1ccc(C(CN)N(C)CCSC)cc1OC. The molecule has 108 valence electrons. The molecule has 0 spiro atoms. The minimum atomic E-state index is 0.201. The molecule has 0 aromatic heterocycles. The topological polar surface area (TPSA) is 47.7 Å². The Morgan fingerprint density at radius 3 is 2.47 bits per heavy atom. The lowest BCUT2D eigenvalue weighted by molar-refractivity contribution is 0.264. The third kappa shape index (κ3) is 4.30. The lowest BCUT2D eigenvalue weighted by Crippen LogP contribution is -2.32. The van der Waals surface area contributed by atoms with E-state index in [4.69, 9.17) is 15.2 Å². The molecule has 0 saturated carbocycles. The maximum atomic E-state index is 5.92. The molecule has 4 nitrogen and oxygen atoms in total. The molecule has 0 fully saturated rings. The first-order valence-electron chi connectivity index (χ1n) is 6.29. The van der Waals surface area contributed by atoms with E-state index in [9.17, 15) is 0 Å². The summed E-state index contributed by atoms with van der Waals surface area (Å²) in [6.07, 6.45) is 2.11. The number of nitrogens with two attached hydrogens (primary N) is 1. The van der Waals surface area contributed by atoms with Gasteiger partial charge in [-0.1, -0.05) is 6.07 Å². The monoisotopic (exact) mass is 284 g/mol. The Labute approximate surface area is 120 Å². The molecule has 0 heterocycles. The van der Waals surface area contributed by atoms with Gasteiger partial charge in [-0.25, -0.2) is 0 Å². The van der Waals surface area contributed by atoms with E-state index < -0.39 is 0 Å². The molecule has 0 bridgehead atoms. The molecule has 0 aliphatic heterocycles. The molecule has 0 amide bonds. The summed E-state index contributed by atoms with van der Waals surface area (Å²) in [7, 11) is 5.39. The Hall–Kier alpha value is -0.910. The van der Waals surface area contributed by atoms with Gasteiger partial charge in [0.2, 0.25) is 0 Å². The van der Waals surface area contributed by atoms with Gasteiger partial charge in [-0.2, -0.15) is 11.8 Å². The summed E-state index contributed by atoms with van der Waals surface area (Å²) in [4.78, 5) is 2.28. The van der Waals surface area contributed by atoms with Gasteiger partial charge in [0.1, 0.15) is 0 Å². The Morgan fingerprint density at radius 2 is 1.95 bits per heavy atom. The van der Waals surface area contributed by atoms with Gasteiger partial charge in [0.25, 0.3) is 0 Å².